The minimum atomic E-state index is -0.554. The van der Waals surface area contributed by atoms with Crippen LogP contribution in [0.3, 0.4) is 0 Å². The number of hydrogen-bond acceptors (Lipinski definition) is 3. The SMILES string of the molecule is CCc1ccc(CC2(O)CCN3CCCCC32)nc1. The lowest BCUT2D eigenvalue weighted by Gasteiger charge is -2.37. The fourth-order valence-corrected chi connectivity index (χ4v) is 3.66. The summed E-state index contributed by atoms with van der Waals surface area (Å²) < 4.78 is 0. The number of piperidine rings is 1. The molecule has 104 valence electrons. The second kappa shape index (κ2) is 5.22. The highest BCUT2D eigenvalue weighted by Gasteiger charge is 2.46. The maximum absolute atomic E-state index is 11.0. The standard InChI is InChI=1S/C16H24N2O/c1-2-13-6-7-14(17-12-13)11-16(19)8-10-18-9-4-3-5-15(16)18/h6-7,12,15,19H,2-5,8-11H2,1H3. The molecule has 0 bridgehead atoms. The van der Waals surface area contributed by atoms with Gasteiger partial charge in [0.1, 0.15) is 0 Å². The molecule has 1 aromatic rings. The van der Waals surface area contributed by atoms with Crippen LogP contribution in [0.5, 0.6) is 0 Å². The molecule has 3 heterocycles. The first-order valence-electron chi connectivity index (χ1n) is 7.61. The van der Waals surface area contributed by atoms with E-state index in [1.165, 1.54) is 18.4 Å². The molecule has 0 saturated carbocycles. The summed E-state index contributed by atoms with van der Waals surface area (Å²) in [4.78, 5) is 6.99. The quantitative estimate of drug-likeness (QED) is 0.905. The molecule has 1 aromatic heterocycles. The smallest absolute Gasteiger partial charge is 0.0869 e. The van der Waals surface area contributed by atoms with Crippen molar-refractivity contribution in [2.75, 3.05) is 13.1 Å². The van der Waals surface area contributed by atoms with Crippen molar-refractivity contribution >= 4 is 0 Å². The lowest BCUT2D eigenvalue weighted by atomic mass is 9.85. The van der Waals surface area contributed by atoms with Gasteiger partial charge in [-0.2, -0.15) is 0 Å². The molecule has 0 radical (unpaired) electrons. The predicted octanol–water partition coefficient (Wildman–Crippen LogP) is 2.18. The van der Waals surface area contributed by atoms with E-state index in [4.69, 9.17) is 0 Å². The molecular weight excluding hydrogens is 236 g/mol. The van der Waals surface area contributed by atoms with E-state index in [9.17, 15) is 5.11 Å². The number of pyridine rings is 1. The lowest BCUT2D eigenvalue weighted by Crippen LogP contribution is -2.48. The molecule has 3 heteroatoms. The summed E-state index contributed by atoms with van der Waals surface area (Å²) in [5.41, 5.74) is 1.75. The Hall–Kier alpha value is -0.930. The van der Waals surface area contributed by atoms with Gasteiger partial charge in [0.25, 0.3) is 0 Å². The highest BCUT2D eigenvalue weighted by molar-refractivity contribution is 5.17. The van der Waals surface area contributed by atoms with Crippen molar-refractivity contribution in [1.82, 2.24) is 9.88 Å². The van der Waals surface area contributed by atoms with E-state index in [0.29, 0.717) is 12.5 Å². The van der Waals surface area contributed by atoms with Gasteiger partial charge in [0, 0.05) is 30.9 Å². The van der Waals surface area contributed by atoms with Gasteiger partial charge in [-0.25, -0.2) is 0 Å². The van der Waals surface area contributed by atoms with Crippen LogP contribution < -0.4 is 0 Å². The van der Waals surface area contributed by atoms with Crippen LogP contribution in [-0.2, 0) is 12.8 Å². The van der Waals surface area contributed by atoms with Gasteiger partial charge in [0.05, 0.1) is 5.60 Å². The number of aromatic nitrogens is 1. The van der Waals surface area contributed by atoms with Crippen LogP contribution in [0.2, 0.25) is 0 Å². The number of aliphatic hydroxyl groups is 1. The van der Waals surface area contributed by atoms with E-state index in [2.05, 4.69) is 28.9 Å². The third-order valence-electron chi connectivity index (χ3n) is 4.85. The Labute approximate surface area is 115 Å². The monoisotopic (exact) mass is 260 g/mol. The second-order valence-electron chi connectivity index (χ2n) is 6.09. The molecule has 2 atom stereocenters. The van der Waals surface area contributed by atoms with E-state index in [1.54, 1.807) is 0 Å². The van der Waals surface area contributed by atoms with E-state index in [-0.39, 0.29) is 0 Å². The highest BCUT2D eigenvalue weighted by Crippen LogP contribution is 2.37. The fraction of sp³-hybridized carbons (Fsp3) is 0.688. The van der Waals surface area contributed by atoms with Gasteiger partial charge in [-0.05, 0) is 43.9 Å². The van der Waals surface area contributed by atoms with Crippen molar-refractivity contribution < 1.29 is 5.11 Å². The Bertz CT molecular complexity index is 431. The first-order chi connectivity index (χ1) is 9.21. The summed E-state index contributed by atoms with van der Waals surface area (Å²) in [7, 11) is 0. The minimum Gasteiger partial charge on any atom is -0.388 e. The van der Waals surface area contributed by atoms with Gasteiger partial charge in [-0.1, -0.05) is 19.4 Å². The first kappa shape index (κ1) is 13.1. The average Bonchev–Trinajstić information content (AvgIpc) is 2.78. The van der Waals surface area contributed by atoms with E-state index in [0.717, 1.165) is 38.0 Å². The Morgan fingerprint density at radius 2 is 2.26 bits per heavy atom. The van der Waals surface area contributed by atoms with Crippen LogP contribution in [0.1, 0.15) is 43.9 Å². The van der Waals surface area contributed by atoms with Crippen LogP contribution in [0, 0.1) is 0 Å². The zero-order chi connectivity index (χ0) is 13.3. The number of aryl methyl sites for hydroxylation is 1. The molecule has 0 amide bonds. The largest absolute Gasteiger partial charge is 0.388 e. The normalized spacial score (nSPS) is 31.4. The Balaban J connectivity index is 1.73. The molecule has 3 rings (SSSR count). The van der Waals surface area contributed by atoms with Gasteiger partial charge in [-0.15, -0.1) is 0 Å². The van der Waals surface area contributed by atoms with Crippen molar-refractivity contribution in [2.24, 2.45) is 0 Å². The van der Waals surface area contributed by atoms with E-state index >= 15 is 0 Å². The average molecular weight is 260 g/mol. The number of rotatable bonds is 3. The number of hydrogen-bond donors (Lipinski definition) is 1. The summed E-state index contributed by atoms with van der Waals surface area (Å²) in [6.07, 6.45) is 8.26. The molecule has 0 spiro atoms. The summed E-state index contributed by atoms with van der Waals surface area (Å²) in [5, 5.41) is 11.0. The van der Waals surface area contributed by atoms with Gasteiger partial charge < -0.3 is 5.11 Å². The fourth-order valence-electron chi connectivity index (χ4n) is 3.66. The lowest BCUT2D eigenvalue weighted by molar-refractivity contribution is -0.00956. The van der Waals surface area contributed by atoms with Crippen LogP contribution in [0.25, 0.3) is 0 Å². The third-order valence-corrected chi connectivity index (χ3v) is 4.85. The number of fused-ring (bicyclic) bond motifs is 1. The molecule has 3 nitrogen and oxygen atoms in total. The molecule has 2 saturated heterocycles. The van der Waals surface area contributed by atoms with Crippen molar-refractivity contribution in [2.45, 2.75) is 57.1 Å². The molecule has 0 aliphatic carbocycles. The van der Waals surface area contributed by atoms with Crippen molar-refractivity contribution in [3.05, 3.63) is 29.6 Å². The minimum absolute atomic E-state index is 0.355. The molecule has 2 aliphatic rings. The molecule has 1 N–H and O–H groups in total. The maximum Gasteiger partial charge on any atom is 0.0869 e. The van der Waals surface area contributed by atoms with Crippen molar-refractivity contribution in [1.29, 1.82) is 0 Å². The van der Waals surface area contributed by atoms with E-state index < -0.39 is 5.60 Å². The zero-order valence-electron chi connectivity index (χ0n) is 11.8. The van der Waals surface area contributed by atoms with Crippen molar-refractivity contribution in [3.63, 3.8) is 0 Å². The van der Waals surface area contributed by atoms with Crippen LogP contribution >= 0.6 is 0 Å². The molecule has 19 heavy (non-hydrogen) atoms. The summed E-state index contributed by atoms with van der Waals surface area (Å²) in [5.74, 6) is 0. The third kappa shape index (κ3) is 2.54. The summed E-state index contributed by atoms with van der Waals surface area (Å²) in [6.45, 7) is 4.35. The molecule has 2 fully saturated rings. The van der Waals surface area contributed by atoms with Crippen LogP contribution in [0.4, 0.5) is 0 Å². The second-order valence-corrected chi connectivity index (χ2v) is 6.09. The van der Waals surface area contributed by atoms with Crippen LogP contribution in [0.15, 0.2) is 18.3 Å². The van der Waals surface area contributed by atoms with Crippen LogP contribution in [-0.4, -0.2) is 39.7 Å². The Morgan fingerprint density at radius 3 is 3.00 bits per heavy atom. The molecule has 2 aliphatic heterocycles. The molecule has 2 unspecified atom stereocenters. The summed E-state index contributed by atoms with van der Waals surface area (Å²) in [6, 6.07) is 4.58. The summed E-state index contributed by atoms with van der Waals surface area (Å²) >= 11 is 0. The Morgan fingerprint density at radius 1 is 1.37 bits per heavy atom. The number of nitrogens with zero attached hydrogens (tertiary/aromatic N) is 2. The van der Waals surface area contributed by atoms with E-state index in [1.807, 2.05) is 6.20 Å². The first-order valence-corrected chi connectivity index (χ1v) is 7.61. The maximum atomic E-state index is 11.0. The predicted molar refractivity (Wildman–Crippen MR) is 76.1 cm³/mol. The molecule has 0 aromatic carbocycles. The van der Waals surface area contributed by atoms with Gasteiger partial charge in [0.2, 0.25) is 0 Å². The molecular formula is C16H24N2O. The van der Waals surface area contributed by atoms with Crippen molar-refractivity contribution in [3.8, 4) is 0 Å². The Kier molecular flexibility index (Phi) is 3.59. The van der Waals surface area contributed by atoms with Gasteiger partial charge in [0.15, 0.2) is 0 Å². The van der Waals surface area contributed by atoms with Gasteiger partial charge in [-0.3, -0.25) is 9.88 Å². The zero-order valence-corrected chi connectivity index (χ0v) is 11.8. The topological polar surface area (TPSA) is 36.4 Å². The highest BCUT2D eigenvalue weighted by atomic mass is 16.3. The van der Waals surface area contributed by atoms with Gasteiger partial charge >= 0.3 is 0 Å².